The molecule has 0 N–H and O–H groups in total. The average molecular weight is 451 g/mol. The molecule has 9 heteroatoms. The Kier molecular flexibility index (Phi) is 6.50. The molecule has 33 heavy (non-hydrogen) atoms. The van der Waals surface area contributed by atoms with Gasteiger partial charge < -0.3 is 14.1 Å². The minimum absolute atomic E-state index is 0.0150. The van der Waals surface area contributed by atoms with Crippen molar-refractivity contribution in [1.29, 1.82) is 0 Å². The molecular weight excluding hydrogens is 420 g/mol. The molecule has 3 aromatic rings. The van der Waals surface area contributed by atoms with E-state index < -0.39 is 0 Å². The normalized spacial score (nSPS) is 18.0. The summed E-state index contributed by atoms with van der Waals surface area (Å²) in [4.78, 5) is 26.9. The van der Waals surface area contributed by atoms with Crippen LogP contribution >= 0.6 is 0 Å². The number of amides is 1. The fraction of sp³-hybridized carbons (Fsp3) is 0.500. The molecule has 2 fully saturated rings. The van der Waals surface area contributed by atoms with E-state index in [9.17, 15) is 4.79 Å². The molecule has 1 saturated carbocycles. The molecular formula is C24H30N6O3. The number of carbonyl (C=O) groups excluding carboxylic acids is 1. The smallest absolute Gasteiger partial charge is 0.257 e. The van der Waals surface area contributed by atoms with E-state index in [0.717, 1.165) is 26.2 Å². The van der Waals surface area contributed by atoms with E-state index in [1.54, 1.807) is 36.5 Å². The van der Waals surface area contributed by atoms with Gasteiger partial charge in [-0.25, -0.2) is 9.97 Å². The Labute approximate surface area is 193 Å². The zero-order chi connectivity index (χ0) is 22.6. The standard InChI is InChI=1S/C24H30N6O3/c1-32-17-21-19(23(31)29-13-11-28(12-14-29)18-6-3-2-4-7-18)16-26-30(21)24-25-10-9-20(27-24)22-8-5-15-33-22/h5,8-10,15-16,18H,2-4,6-7,11-14,17H2,1H3. The van der Waals surface area contributed by atoms with Gasteiger partial charge in [0.1, 0.15) is 5.69 Å². The fourth-order valence-electron chi connectivity index (χ4n) is 4.92. The number of furan rings is 1. The Balaban J connectivity index is 1.34. The molecule has 3 aromatic heterocycles. The van der Waals surface area contributed by atoms with E-state index in [4.69, 9.17) is 9.15 Å². The third kappa shape index (κ3) is 4.56. The molecule has 0 spiro atoms. The van der Waals surface area contributed by atoms with E-state index in [1.165, 1.54) is 32.1 Å². The van der Waals surface area contributed by atoms with Crippen LogP contribution in [0.3, 0.4) is 0 Å². The van der Waals surface area contributed by atoms with Gasteiger partial charge in [-0.2, -0.15) is 9.78 Å². The summed E-state index contributed by atoms with van der Waals surface area (Å²) in [5, 5.41) is 4.45. The quantitative estimate of drug-likeness (QED) is 0.570. The van der Waals surface area contributed by atoms with Crippen molar-refractivity contribution in [1.82, 2.24) is 29.5 Å². The molecule has 4 heterocycles. The molecule has 1 amide bonds. The third-order valence-corrected chi connectivity index (χ3v) is 6.68. The second-order valence-electron chi connectivity index (χ2n) is 8.69. The van der Waals surface area contributed by atoms with Crippen LogP contribution in [0.2, 0.25) is 0 Å². The third-order valence-electron chi connectivity index (χ3n) is 6.68. The Morgan fingerprint density at radius 3 is 2.70 bits per heavy atom. The highest BCUT2D eigenvalue weighted by atomic mass is 16.5. The highest BCUT2D eigenvalue weighted by Crippen LogP contribution is 2.25. The highest BCUT2D eigenvalue weighted by Gasteiger charge is 2.30. The molecule has 1 aliphatic heterocycles. The van der Waals surface area contributed by atoms with Crippen LogP contribution in [0.4, 0.5) is 0 Å². The first-order chi connectivity index (χ1) is 16.2. The first-order valence-electron chi connectivity index (χ1n) is 11.7. The zero-order valence-electron chi connectivity index (χ0n) is 19.0. The van der Waals surface area contributed by atoms with Crippen LogP contribution in [0.25, 0.3) is 17.4 Å². The zero-order valence-corrected chi connectivity index (χ0v) is 19.0. The number of ether oxygens (including phenoxy) is 1. The minimum Gasteiger partial charge on any atom is -0.463 e. The van der Waals surface area contributed by atoms with Gasteiger partial charge in [-0.05, 0) is 31.0 Å². The van der Waals surface area contributed by atoms with Crippen molar-refractivity contribution >= 4 is 5.91 Å². The Hall–Kier alpha value is -3.04. The molecule has 0 radical (unpaired) electrons. The van der Waals surface area contributed by atoms with Gasteiger partial charge in [0, 0.05) is 45.5 Å². The van der Waals surface area contributed by atoms with Gasteiger partial charge in [0.2, 0.25) is 0 Å². The van der Waals surface area contributed by atoms with Gasteiger partial charge in [0.05, 0.1) is 30.3 Å². The molecule has 0 aromatic carbocycles. The number of hydrogen-bond acceptors (Lipinski definition) is 7. The van der Waals surface area contributed by atoms with Gasteiger partial charge in [0.25, 0.3) is 11.9 Å². The number of piperazine rings is 1. The van der Waals surface area contributed by atoms with Crippen LogP contribution < -0.4 is 0 Å². The van der Waals surface area contributed by atoms with E-state index in [2.05, 4.69) is 20.0 Å². The lowest BCUT2D eigenvalue weighted by atomic mass is 9.94. The van der Waals surface area contributed by atoms with Crippen LogP contribution in [0.15, 0.2) is 41.3 Å². The van der Waals surface area contributed by atoms with E-state index in [1.807, 2.05) is 17.0 Å². The summed E-state index contributed by atoms with van der Waals surface area (Å²) < 4.78 is 12.5. The van der Waals surface area contributed by atoms with Crippen molar-refractivity contribution in [2.45, 2.75) is 44.8 Å². The monoisotopic (exact) mass is 450 g/mol. The number of methoxy groups -OCH3 is 1. The molecule has 0 bridgehead atoms. The minimum atomic E-state index is -0.0150. The Bertz CT molecular complexity index is 1070. The van der Waals surface area contributed by atoms with E-state index in [0.29, 0.717) is 34.7 Å². The van der Waals surface area contributed by atoms with Crippen molar-refractivity contribution in [2.75, 3.05) is 33.3 Å². The summed E-state index contributed by atoms with van der Waals surface area (Å²) >= 11 is 0. The lowest BCUT2D eigenvalue weighted by molar-refractivity contribution is 0.0519. The molecule has 174 valence electrons. The molecule has 0 atom stereocenters. The topological polar surface area (TPSA) is 89.5 Å². The molecule has 1 aliphatic carbocycles. The molecule has 2 aliphatic rings. The number of rotatable bonds is 6. The van der Waals surface area contributed by atoms with Crippen LogP contribution in [0, 0.1) is 0 Å². The number of carbonyl (C=O) groups is 1. The summed E-state index contributed by atoms with van der Waals surface area (Å²) in [7, 11) is 1.61. The molecule has 1 saturated heterocycles. The van der Waals surface area contributed by atoms with Crippen LogP contribution in [-0.4, -0.2) is 74.8 Å². The molecule has 5 rings (SSSR count). The van der Waals surface area contributed by atoms with Crippen molar-refractivity contribution in [3.63, 3.8) is 0 Å². The average Bonchev–Trinajstić information content (AvgIpc) is 3.55. The van der Waals surface area contributed by atoms with Crippen LogP contribution in [-0.2, 0) is 11.3 Å². The molecule has 0 unspecified atom stereocenters. The SMILES string of the molecule is COCc1c(C(=O)N2CCN(C3CCCCC3)CC2)cnn1-c1nccc(-c2ccco2)n1. The lowest BCUT2D eigenvalue weighted by Gasteiger charge is -2.40. The Morgan fingerprint density at radius 1 is 1.15 bits per heavy atom. The summed E-state index contributed by atoms with van der Waals surface area (Å²) in [6.45, 7) is 3.56. The summed E-state index contributed by atoms with van der Waals surface area (Å²) in [6, 6.07) is 6.11. The maximum absolute atomic E-state index is 13.4. The first kappa shape index (κ1) is 21.8. The van der Waals surface area contributed by atoms with Gasteiger partial charge in [-0.3, -0.25) is 9.69 Å². The second kappa shape index (κ2) is 9.84. The van der Waals surface area contributed by atoms with Crippen molar-refractivity contribution < 1.29 is 13.9 Å². The number of aromatic nitrogens is 4. The maximum atomic E-state index is 13.4. The second-order valence-corrected chi connectivity index (χ2v) is 8.69. The van der Waals surface area contributed by atoms with Gasteiger partial charge >= 0.3 is 0 Å². The van der Waals surface area contributed by atoms with Crippen LogP contribution in [0.5, 0.6) is 0 Å². The predicted molar refractivity (Wildman–Crippen MR) is 122 cm³/mol. The lowest BCUT2D eigenvalue weighted by Crippen LogP contribution is -2.52. The Morgan fingerprint density at radius 2 is 1.97 bits per heavy atom. The summed E-state index contributed by atoms with van der Waals surface area (Å²) in [5.41, 5.74) is 1.83. The maximum Gasteiger partial charge on any atom is 0.257 e. The van der Waals surface area contributed by atoms with E-state index >= 15 is 0 Å². The highest BCUT2D eigenvalue weighted by molar-refractivity contribution is 5.95. The first-order valence-corrected chi connectivity index (χ1v) is 11.7. The van der Waals surface area contributed by atoms with Gasteiger partial charge in [0.15, 0.2) is 5.76 Å². The van der Waals surface area contributed by atoms with Gasteiger partial charge in [-0.15, -0.1) is 0 Å². The summed E-state index contributed by atoms with van der Waals surface area (Å²) in [5.74, 6) is 1.00. The summed E-state index contributed by atoms with van der Waals surface area (Å²) in [6.07, 6.45) is 11.4. The van der Waals surface area contributed by atoms with E-state index in [-0.39, 0.29) is 12.5 Å². The number of nitrogens with zero attached hydrogens (tertiary/aromatic N) is 6. The van der Waals surface area contributed by atoms with Crippen molar-refractivity contribution in [3.05, 3.63) is 48.1 Å². The van der Waals surface area contributed by atoms with Gasteiger partial charge in [-0.1, -0.05) is 19.3 Å². The molecule has 9 nitrogen and oxygen atoms in total. The predicted octanol–water partition coefficient (Wildman–Crippen LogP) is 3.16. The number of hydrogen-bond donors (Lipinski definition) is 0. The van der Waals surface area contributed by atoms with Crippen molar-refractivity contribution in [2.24, 2.45) is 0 Å². The van der Waals surface area contributed by atoms with Crippen molar-refractivity contribution in [3.8, 4) is 17.4 Å². The van der Waals surface area contributed by atoms with Crippen LogP contribution in [0.1, 0.15) is 48.2 Å². The fourth-order valence-corrected chi connectivity index (χ4v) is 4.92. The largest absolute Gasteiger partial charge is 0.463 e.